The molecule has 0 aromatic heterocycles. The molecule has 4 nitrogen and oxygen atoms in total. The maximum absolute atomic E-state index is 13.1. The van der Waals surface area contributed by atoms with Gasteiger partial charge in [-0.3, -0.25) is 4.79 Å². The first-order valence-corrected chi connectivity index (χ1v) is 15.6. The van der Waals surface area contributed by atoms with E-state index in [1.54, 1.807) is 0 Å². The summed E-state index contributed by atoms with van der Waals surface area (Å²) >= 11 is 1.91. The minimum Gasteiger partial charge on any atom is -0.482 e. The Labute approximate surface area is 229 Å². The van der Waals surface area contributed by atoms with Gasteiger partial charge in [0.2, 0.25) is 0 Å². The molecule has 206 valence electrons. The second-order valence-electron chi connectivity index (χ2n) is 12.7. The fraction of sp³-hybridized carbons (Fsp3) is 0.719. The summed E-state index contributed by atoms with van der Waals surface area (Å²) < 4.78 is 13.0. The molecule has 0 N–H and O–H groups in total. The van der Waals surface area contributed by atoms with Crippen LogP contribution in [0.3, 0.4) is 0 Å². The number of hydrogen-bond donors (Lipinski definition) is 0. The van der Waals surface area contributed by atoms with Gasteiger partial charge in [-0.05, 0) is 94.3 Å². The molecule has 5 heteroatoms. The Kier molecular flexibility index (Phi) is 9.05. The number of allylic oxidation sites excluding steroid dienone is 1. The van der Waals surface area contributed by atoms with Crippen molar-refractivity contribution in [2.45, 2.75) is 123 Å². The van der Waals surface area contributed by atoms with Crippen molar-refractivity contribution in [3.05, 3.63) is 28.2 Å². The smallest absolute Gasteiger partial charge is 0.311 e. The highest BCUT2D eigenvalue weighted by Gasteiger charge is 2.45. The Morgan fingerprint density at radius 1 is 1.11 bits per heavy atom. The van der Waals surface area contributed by atoms with Crippen LogP contribution in [0.1, 0.15) is 123 Å². The molecule has 2 atom stereocenters. The first kappa shape index (κ1) is 28.5. The number of ether oxygens (including phenoxy) is 2. The van der Waals surface area contributed by atoms with Crippen molar-refractivity contribution in [3.63, 3.8) is 0 Å². The van der Waals surface area contributed by atoms with Crippen LogP contribution in [0.2, 0.25) is 0 Å². The van der Waals surface area contributed by atoms with Crippen LogP contribution in [-0.2, 0) is 4.79 Å². The summed E-state index contributed by atoms with van der Waals surface area (Å²) in [6.07, 6.45) is 9.82. The lowest BCUT2D eigenvalue weighted by Gasteiger charge is -2.35. The summed E-state index contributed by atoms with van der Waals surface area (Å²) in [7, 11) is 0. The van der Waals surface area contributed by atoms with Gasteiger partial charge in [-0.25, -0.2) is 0 Å². The fourth-order valence-corrected chi connectivity index (χ4v) is 7.50. The molecule has 3 aliphatic heterocycles. The fourth-order valence-electron chi connectivity index (χ4n) is 6.14. The highest BCUT2D eigenvalue weighted by Crippen LogP contribution is 2.60. The van der Waals surface area contributed by atoms with Crippen molar-refractivity contribution in [3.8, 4) is 11.5 Å². The van der Waals surface area contributed by atoms with E-state index in [-0.39, 0.29) is 16.3 Å². The van der Waals surface area contributed by atoms with Gasteiger partial charge >= 0.3 is 5.97 Å². The first-order chi connectivity index (χ1) is 17.5. The molecule has 3 aliphatic rings. The highest BCUT2D eigenvalue weighted by molar-refractivity contribution is 8.05. The van der Waals surface area contributed by atoms with Crippen LogP contribution in [0.5, 0.6) is 11.5 Å². The second kappa shape index (κ2) is 11.7. The first-order valence-electron chi connectivity index (χ1n) is 14.7. The normalized spacial score (nSPS) is 21.8. The van der Waals surface area contributed by atoms with Crippen molar-refractivity contribution in [1.29, 1.82) is 0 Å². The zero-order valence-corrected chi connectivity index (χ0v) is 25.2. The van der Waals surface area contributed by atoms with Crippen LogP contribution in [0.15, 0.2) is 17.0 Å². The number of fused-ring (bicyclic) bond motifs is 2. The standard InChI is InChI=1S/C32H49NO3S/c1-8-9-10-14-22(2)23(3)24-19-26(35-28(34)15-13-18-33-16-11-12-17-33)29-25-21-31(4,5)37-30(25)32(6,7)36-27(29)20-24/h19-20,22-23H,8-18,21H2,1-7H3. The summed E-state index contributed by atoms with van der Waals surface area (Å²) in [6, 6.07) is 4.39. The third-order valence-corrected chi connectivity index (χ3v) is 10.1. The van der Waals surface area contributed by atoms with Crippen LogP contribution in [0.25, 0.3) is 5.57 Å². The number of unbranched alkanes of at least 4 members (excludes halogenated alkanes) is 2. The van der Waals surface area contributed by atoms with Crippen molar-refractivity contribution in [2.24, 2.45) is 5.92 Å². The quantitative estimate of drug-likeness (QED) is 0.164. The van der Waals surface area contributed by atoms with E-state index in [1.165, 1.54) is 54.6 Å². The molecule has 0 radical (unpaired) electrons. The number of hydrogen-bond acceptors (Lipinski definition) is 5. The molecule has 0 bridgehead atoms. The van der Waals surface area contributed by atoms with Gasteiger partial charge in [-0.2, -0.15) is 0 Å². The maximum Gasteiger partial charge on any atom is 0.311 e. The Hall–Kier alpha value is -1.46. The Morgan fingerprint density at radius 2 is 1.84 bits per heavy atom. The molecule has 1 saturated heterocycles. The topological polar surface area (TPSA) is 38.8 Å². The van der Waals surface area contributed by atoms with Gasteiger partial charge in [-0.15, -0.1) is 11.8 Å². The molecular formula is C32H49NO3S. The van der Waals surface area contributed by atoms with E-state index < -0.39 is 0 Å². The van der Waals surface area contributed by atoms with Gasteiger partial charge in [0.15, 0.2) is 0 Å². The van der Waals surface area contributed by atoms with E-state index in [0.717, 1.165) is 43.8 Å². The predicted octanol–water partition coefficient (Wildman–Crippen LogP) is 8.59. The molecule has 0 spiro atoms. The second-order valence-corrected chi connectivity index (χ2v) is 14.5. The number of carbonyl (C=O) groups is 1. The van der Waals surface area contributed by atoms with Crippen molar-refractivity contribution in [1.82, 2.24) is 4.90 Å². The van der Waals surface area contributed by atoms with E-state index in [2.05, 4.69) is 65.5 Å². The number of benzene rings is 1. The molecule has 1 aromatic carbocycles. The average molecular weight is 528 g/mol. The minimum absolute atomic E-state index is 0.101. The van der Waals surface area contributed by atoms with Crippen molar-refractivity contribution >= 4 is 23.3 Å². The largest absolute Gasteiger partial charge is 0.482 e. The molecule has 4 rings (SSSR count). The Bertz CT molecular complexity index is 1010. The molecule has 1 fully saturated rings. The van der Waals surface area contributed by atoms with E-state index in [9.17, 15) is 4.79 Å². The number of likely N-dealkylation sites (tertiary alicyclic amines) is 1. The van der Waals surface area contributed by atoms with Crippen LogP contribution in [0, 0.1) is 5.92 Å². The van der Waals surface area contributed by atoms with Crippen LogP contribution in [0.4, 0.5) is 0 Å². The Balaban J connectivity index is 1.62. The van der Waals surface area contributed by atoms with Crippen LogP contribution >= 0.6 is 11.8 Å². The van der Waals surface area contributed by atoms with Gasteiger partial charge < -0.3 is 14.4 Å². The maximum atomic E-state index is 13.1. The molecular weight excluding hydrogens is 478 g/mol. The molecule has 3 heterocycles. The zero-order chi connectivity index (χ0) is 26.8. The molecule has 2 unspecified atom stereocenters. The highest BCUT2D eigenvalue weighted by atomic mass is 32.2. The number of esters is 1. The summed E-state index contributed by atoms with van der Waals surface area (Å²) in [5, 5.41) is 0. The average Bonchev–Trinajstić information content (AvgIpc) is 3.45. The molecule has 0 amide bonds. The predicted molar refractivity (Wildman–Crippen MR) is 157 cm³/mol. The lowest BCUT2D eigenvalue weighted by Crippen LogP contribution is -2.33. The van der Waals surface area contributed by atoms with Gasteiger partial charge in [0.25, 0.3) is 0 Å². The van der Waals surface area contributed by atoms with Gasteiger partial charge in [0.1, 0.15) is 17.1 Å². The zero-order valence-electron chi connectivity index (χ0n) is 24.4. The van der Waals surface area contributed by atoms with Gasteiger partial charge in [-0.1, -0.05) is 60.3 Å². The number of thioether (sulfide) groups is 1. The monoisotopic (exact) mass is 527 g/mol. The van der Waals surface area contributed by atoms with Crippen molar-refractivity contribution in [2.75, 3.05) is 19.6 Å². The third kappa shape index (κ3) is 6.76. The van der Waals surface area contributed by atoms with E-state index in [4.69, 9.17) is 9.47 Å². The molecule has 37 heavy (non-hydrogen) atoms. The van der Waals surface area contributed by atoms with E-state index >= 15 is 0 Å². The van der Waals surface area contributed by atoms with Crippen LogP contribution in [-0.4, -0.2) is 40.9 Å². The lowest BCUT2D eigenvalue weighted by molar-refractivity contribution is -0.134. The van der Waals surface area contributed by atoms with E-state index in [0.29, 0.717) is 24.0 Å². The molecule has 0 saturated carbocycles. The summed E-state index contributed by atoms with van der Waals surface area (Å²) in [6.45, 7) is 19.2. The van der Waals surface area contributed by atoms with Gasteiger partial charge in [0.05, 0.1) is 5.56 Å². The van der Waals surface area contributed by atoms with E-state index in [1.807, 2.05) is 11.8 Å². The van der Waals surface area contributed by atoms with Crippen LogP contribution < -0.4 is 9.47 Å². The minimum atomic E-state index is -0.383. The number of carbonyl (C=O) groups excluding carboxylic acids is 1. The summed E-state index contributed by atoms with van der Waals surface area (Å²) in [5.41, 5.74) is 3.14. The number of nitrogens with zero attached hydrogens (tertiary/aromatic N) is 1. The lowest BCUT2D eigenvalue weighted by atomic mass is 9.82. The number of rotatable bonds is 11. The molecule has 1 aromatic rings. The SMILES string of the molecule is CCCCCC(C)C(C)c1cc(OC(=O)CCCN2CCCC2)c2c(c1)OC(C)(C)C1=C2CC(C)(C)S1. The Morgan fingerprint density at radius 3 is 2.54 bits per heavy atom. The molecule has 0 aliphatic carbocycles. The van der Waals surface area contributed by atoms with Gasteiger partial charge in [0, 0.05) is 16.1 Å². The third-order valence-electron chi connectivity index (χ3n) is 8.48. The van der Waals surface area contributed by atoms with Crippen molar-refractivity contribution < 1.29 is 14.3 Å². The summed E-state index contributed by atoms with van der Waals surface area (Å²) in [5.74, 6) is 2.38. The summed E-state index contributed by atoms with van der Waals surface area (Å²) in [4.78, 5) is 16.8.